The van der Waals surface area contributed by atoms with E-state index in [-0.39, 0.29) is 19.0 Å². The van der Waals surface area contributed by atoms with Crippen LogP contribution in [0.15, 0.2) is 54.6 Å². The summed E-state index contributed by atoms with van der Waals surface area (Å²) in [5.41, 5.74) is 4.42. The largest absolute Gasteiger partial charge is 0.489 e. The number of aryl methyl sites for hydroxylation is 2. The molecule has 0 spiro atoms. The molecular weight excluding hydrogens is 436 g/mol. The lowest BCUT2D eigenvalue weighted by Gasteiger charge is -2.13. The van der Waals surface area contributed by atoms with Crippen LogP contribution in [-0.2, 0) is 18.0 Å². The van der Waals surface area contributed by atoms with Gasteiger partial charge in [-0.3, -0.25) is 9.59 Å². The van der Waals surface area contributed by atoms with Crippen molar-refractivity contribution in [3.05, 3.63) is 88.0 Å². The van der Waals surface area contributed by atoms with Crippen LogP contribution in [0.4, 0.5) is 0 Å². The van der Waals surface area contributed by atoms with Gasteiger partial charge < -0.3 is 19.3 Å². The zero-order valence-corrected chi connectivity index (χ0v) is 19.3. The van der Waals surface area contributed by atoms with Crippen molar-refractivity contribution in [3.63, 3.8) is 0 Å². The molecule has 3 aromatic rings. The maximum Gasteiger partial charge on any atom is 0.341 e. The van der Waals surface area contributed by atoms with Gasteiger partial charge >= 0.3 is 5.97 Å². The van der Waals surface area contributed by atoms with Crippen molar-refractivity contribution < 1.29 is 33.7 Å². The van der Waals surface area contributed by atoms with Crippen molar-refractivity contribution in [1.29, 1.82) is 0 Å². The summed E-state index contributed by atoms with van der Waals surface area (Å²) in [6.45, 7) is 5.16. The van der Waals surface area contributed by atoms with E-state index in [4.69, 9.17) is 19.3 Å². The van der Waals surface area contributed by atoms with Crippen LogP contribution < -0.4 is 14.2 Å². The fourth-order valence-electron chi connectivity index (χ4n) is 3.45. The van der Waals surface area contributed by atoms with Crippen molar-refractivity contribution in [3.8, 4) is 17.2 Å². The van der Waals surface area contributed by atoms with Gasteiger partial charge in [-0.05, 0) is 97.6 Å². The molecule has 176 valence electrons. The van der Waals surface area contributed by atoms with Crippen LogP contribution in [0.25, 0.3) is 0 Å². The number of carboxylic acid groups (broad SMARTS) is 1. The second kappa shape index (κ2) is 11.1. The van der Waals surface area contributed by atoms with Gasteiger partial charge in [0, 0.05) is 11.1 Å². The molecule has 3 aromatic carbocycles. The number of aldehydes is 1. The molecule has 0 saturated carbocycles. The molecule has 0 aliphatic rings. The van der Waals surface area contributed by atoms with Gasteiger partial charge in [0.2, 0.25) is 0 Å². The Balaban J connectivity index is 1.76. The Kier molecular flexibility index (Phi) is 8.03. The molecule has 0 aliphatic carbocycles. The first-order valence-corrected chi connectivity index (χ1v) is 10.7. The third-order valence-electron chi connectivity index (χ3n) is 5.14. The standard InChI is InChI=1S/C27H26O7/c1-17-8-23(5-4-22(17)13-28)32-14-20-10-21(12-25(11-20)34-16-27(30)31)15-33-24-6-7-26(19(3)29)18(2)9-24/h4-13H,14-16H2,1-3H3,(H,30,31). The zero-order chi connectivity index (χ0) is 24.7. The van der Waals surface area contributed by atoms with Crippen molar-refractivity contribution in [1.82, 2.24) is 0 Å². The molecule has 0 aromatic heterocycles. The molecule has 0 fully saturated rings. The molecule has 0 heterocycles. The Morgan fingerprint density at radius 2 is 1.38 bits per heavy atom. The SMILES string of the molecule is CC(=O)c1ccc(OCc2cc(COc3ccc(C=O)c(C)c3)cc(OCC(=O)O)c2)cc1C. The van der Waals surface area contributed by atoms with E-state index in [0.717, 1.165) is 28.5 Å². The number of ketones is 1. The monoisotopic (exact) mass is 462 g/mol. The number of rotatable bonds is 11. The molecule has 0 saturated heterocycles. The summed E-state index contributed by atoms with van der Waals surface area (Å²) in [7, 11) is 0. The summed E-state index contributed by atoms with van der Waals surface area (Å²) in [5, 5.41) is 8.95. The number of carbonyl (C=O) groups is 3. The van der Waals surface area contributed by atoms with Crippen molar-refractivity contribution in [2.24, 2.45) is 0 Å². The highest BCUT2D eigenvalue weighted by molar-refractivity contribution is 5.95. The topological polar surface area (TPSA) is 99.1 Å². The van der Waals surface area contributed by atoms with Crippen LogP contribution in [0.1, 0.15) is 49.9 Å². The predicted octanol–water partition coefficient (Wildman–Crippen LogP) is 4.94. The fraction of sp³-hybridized carbons (Fsp3) is 0.222. The average Bonchev–Trinajstić information content (AvgIpc) is 2.80. The van der Waals surface area contributed by atoms with Gasteiger partial charge in [0.1, 0.15) is 36.7 Å². The first-order chi connectivity index (χ1) is 16.2. The van der Waals surface area contributed by atoms with Gasteiger partial charge in [0.25, 0.3) is 0 Å². The van der Waals surface area contributed by atoms with Crippen LogP contribution in [0.3, 0.4) is 0 Å². The minimum atomic E-state index is -1.08. The second-order valence-electron chi connectivity index (χ2n) is 7.91. The highest BCUT2D eigenvalue weighted by Gasteiger charge is 2.09. The quantitative estimate of drug-likeness (QED) is 0.318. The number of benzene rings is 3. The third-order valence-corrected chi connectivity index (χ3v) is 5.14. The number of Topliss-reactive ketones (excluding diaryl/α,β-unsaturated/α-hetero) is 1. The van der Waals surface area contributed by atoms with Crippen LogP contribution in [0, 0.1) is 13.8 Å². The lowest BCUT2D eigenvalue weighted by atomic mass is 10.1. The number of ether oxygens (including phenoxy) is 3. The number of hydrogen-bond acceptors (Lipinski definition) is 6. The lowest BCUT2D eigenvalue weighted by Crippen LogP contribution is -2.10. The van der Waals surface area contributed by atoms with Crippen LogP contribution >= 0.6 is 0 Å². The predicted molar refractivity (Wildman–Crippen MR) is 126 cm³/mol. The van der Waals surface area contributed by atoms with Crippen molar-refractivity contribution >= 4 is 18.0 Å². The highest BCUT2D eigenvalue weighted by atomic mass is 16.5. The average molecular weight is 462 g/mol. The zero-order valence-electron chi connectivity index (χ0n) is 19.3. The first-order valence-electron chi connectivity index (χ1n) is 10.7. The summed E-state index contributed by atoms with van der Waals surface area (Å²) in [4.78, 5) is 33.6. The minimum Gasteiger partial charge on any atom is -0.489 e. The number of hydrogen-bond donors (Lipinski definition) is 1. The van der Waals surface area contributed by atoms with E-state index in [2.05, 4.69) is 0 Å². The van der Waals surface area contributed by atoms with Gasteiger partial charge in [0.15, 0.2) is 12.4 Å². The molecule has 0 aliphatic heterocycles. The summed E-state index contributed by atoms with van der Waals surface area (Å²) >= 11 is 0. The van der Waals surface area contributed by atoms with E-state index in [9.17, 15) is 14.4 Å². The Hall–Kier alpha value is -4.13. The van der Waals surface area contributed by atoms with E-state index in [1.165, 1.54) is 6.92 Å². The Morgan fingerprint density at radius 1 is 0.794 bits per heavy atom. The molecule has 0 radical (unpaired) electrons. The van der Waals surface area contributed by atoms with E-state index < -0.39 is 12.6 Å². The molecule has 0 bridgehead atoms. The Labute approximate surface area is 197 Å². The molecule has 0 atom stereocenters. The number of carbonyl (C=O) groups excluding carboxylic acids is 2. The summed E-state index contributed by atoms with van der Waals surface area (Å²) < 4.78 is 17.1. The number of carboxylic acids is 1. The summed E-state index contributed by atoms with van der Waals surface area (Å²) in [5.74, 6) is 0.526. The molecule has 1 N–H and O–H groups in total. The van der Waals surface area contributed by atoms with E-state index in [0.29, 0.717) is 28.4 Å². The Bertz CT molecular complexity index is 1210. The smallest absolute Gasteiger partial charge is 0.341 e. The van der Waals surface area contributed by atoms with Gasteiger partial charge in [-0.25, -0.2) is 4.79 Å². The van der Waals surface area contributed by atoms with E-state index >= 15 is 0 Å². The van der Waals surface area contributed by atoms with Crippen LogP contribution in [0.5, 0.6) is 17.2 Å². The van der Waals surface area contributed by atoms with Crippen LogP contribution in [0.2, 0.25) is 0 Å². The van der Waals surface area contributed by atoms with Gasteiger partial charge in [-0.2, -0.15) is 0 Å². The molecule has 0 amide bonds. The fourth-order valence-corrected chi connectivity index (χ4v) is 3.45. The number of aliphatic carboxylic acids is 1. The van der Waals surface area contributed by atoms with Gasteiger partial charge in [-0.15, -0.1) is 0 Å². The maximum atomic E-state index is 11.6. The molecule has 7 nitrogen and oxygen atoms in total. The van der Waals surface area contributed by atoms with Crippen LogP contribution in [-0.4, -0.2) is 29.8 Å². The van der Waals surface area contributed by atoms with Gasteiger partial charge in [0.05, 0.1) is 0 Å². The van der Waals surface area contributed by atoms with Gasteiger partial charge in [-0.1, -0.05) is 0 Å². The molecule has 0 unspecified atom stereocenters. The molecular formula is C27H26O7. The Morgan fingerprint density at radius 3 is 1.88 bits per heavy atom. The normalized spacial score (nSPS) is 10.4. The molecule has 3 rings (SSSR count). The lowest BCUT2D eigenvalue weighted by molar-refractivity contribution is -0.139. The van der Waals surface area contributed by atoms with Crippen molar-refractivity contribution in [2.75, 3.05) is 6.61 Å². The van der Waals surface area contributed by atoms with E-state index in [1.807, 2.05) is 19.9 Å². The first kappa shape index (κ1) is 24.5. The highest BCUT2D eigenvalue weighted by Crippen LogP contribution is 2.23. The second-order valence-corrected chi connectivity index (χ2v) is 7.91. The van der Waals surface area contributed by atoms with Crippen molar-refractivity contribution in [2.45, 2.75) is 34.0 Å². The minimum absolute atomic E-state index is 0.00651. The molecule has 34 heavy (non-hydrogen) atoms. The third kappa shape index (κ3) is 6.68. The maximum absolute atomic E-state index is 11.6. The summed E-state index contributed by atoms with van der Waals surface area (Å²) in [6, 6.07) is 15.8. The molecule has 7 heteroatoms. The summed E-state index contributed by atoms with van der Waals surface area (Å²) in [6.07, 6.45) is 0.795. The van der Waals surface area contributed by atoms with E-state index in [1.54, 1.807) is 48.5 Å².